The van der Waals surface area contributed by atoms with E-state index in [-0.39, 0.29) is 23.5 Å². The number of aliphatic hydroxyl groups excluding tert-OH is 2. The number of aliphatic hydroxyl groups is 2. The van der Waals surface area contributed by atoms with Crippen LogP contribution in [0.15, 0.2) is 29.3 Å². The van der Waals surface area contributed by atoms with Gasteiger partial charge in [-0.15, -0.1) is 0 Å². The highest BCUT2D eigenvalue weighted by atomic mass is 32.2. The Bertz CT molecular complexity index is 1280. The van der Waals surface area contributed by atoms with Crippen LogP contribution < -0.4 is 4.90 Å². The molecule has 0 amide bonds. The zero-order chi connectivity index (χ0) is 23.4. The Morgan fingerprint density at radius 1 is 1.19 bits per heavy atom. The maximum absolute atomic E-state index is 12.3. The molecule has 0 aliphatic carbocycles. The number of aromatic nitrogens is 3. The quantitative estimate of drug-likeness (QED) is 0.605. The van der Waals surface area contributed by atoms with Gasteiger partial charge in [-0.1, -0.05) is 13.8 Å². The van der Waals surface area contributed by atoms with Crippen LogP contribution in [-0.4, -0.2) is 46.0 Å². The normalized spacial score (nSPS) is 17.8. The number of rotatable bonds is 5. The number of sulfone groups is 1. The molecule has 8 nitrogen and oxygen atoms in total. The number of fused-ring (bicyclic) bond motifs is 3. The van der Waals surface area contributed by atoms with Gasteiger partial charge in [0.1, 0.15) is 0 Å². The van der Waals surface area contributed by atoms with Crippen LogP contribution in [0.3, 0.4) is 0 Å². The molecule has 2 atom stereocenters. The molecule has 2 aromatic heterocycles. The maximum atomic E-state index is 12.3. The number of hydrogen-bond acceptors (Lipinski definition) is 7. The molecule has 0 saturated heterocycles. The van der Waals surface area contributed by atoms with E-state index in [0.717, 1.165) is 22.3 Å². The fourth-order valence-electron chi connectivity index (χ4n) is 4.77. The van der Waals surface area contributed by atoms with Gasteiger partial charge in [-0.2, -0.15) is 0 Å². The Morgan fingerprint density at radius 3 is 2.47 bits per heavy atom. The molecule has 1 aliphatic rings. The van der Waals surface area contributed by atoms with Gasteiger partial charge in [0, 0.05) is 53.4 Å². The minimum Gasteiger partial charge on any atom is -0.392 e. The predicted octanol–water partition coefficient (Wildman–Crippen LogP) is 2.91. The third-order valence-corrected chi connectivity index (χ3v) is 7.41. The number of hydrogen-bond donors (Lipinski definition) is 2. The first-order valence-corrected chi connectivity index (χ1v) is 12.7. The first-order chi connectivity index (χ1) is 15.0. The van der Waals surface area contributed by atoms with Crippen molar-refractivity contribution in [2.75, 3.05) is 17.7 Å². The summed E-state index contributed by atoms with van der Waals surface area (Å²) in [5.74, 6) is 0.861. The SMILES string of the molecule is Cc1nc(N2CCn3c(cc4cc(CO)c(S(C)(=O)=O)cc43)[C@H]2C(C)C)ncc1[C@H](C)O. The van der Waals surface area contributed by atoms with Crippen LogP contribution in [0, 0.1) is 12.8 Å². The third kappa shape index (κ3) is 3.78. The van der Waals surface area contributed by atoms with E-state index in [9.17, 15) is 18.6 Å². The van der Waals surface area contributed by atoms with Crippen molar-refractivity contribution < 1.29 is 18.6 Å². The molecule has 0 spiro atoms. The van der Waals surface area contributed by atoms with Crippen LogP contribution in [-0.2, 0) is 23.0 Å². The summed E-state index contributed by atoms with van der Waals surface area (Å²) in [6, 6.07) is 5.53. The highest BCUT2D eigenvalue weighted by Crippen LogP contribution is 2.39. The standard InChI is InChI=1S/C23H30N4O4S/c1-13(2)22-20-9-16-8-17(12-28)21(32(5,30)31)10-19(16)26(20)6-7-27(22)23-24-11-18(15(4)29)14(3)25-23/h8-11,13,15,22,28-29H,6-7,12H2,1-5H3/t15-,22+/m0/s1. The van der Waals surface area contributed by atoms with Crippen molar-refractivity contribution in [3.63, 3.8) is 0 Å². The van der Waals surface area contributed by atoms with Crippen molar-refractivity contribution in [2.24, 2.45) is 5.92 Å². The molecule has 4 rings (SSSR count). The van der Waals surface area contributed by atoms with Gasteiger partial charge in [0.25, 0.3) is 0 Å². The third-order valence-electron chi connectivity index (χ3n) is 6.23. The summed E-state index contributed by atoms with van der Waals surface area (Å²) in [7, 11) is -3.47. The van der Waals surface area contributed by atoms with Gasteiger partial charge in [-0.05, 0) is 43.5 Å². The number of anilines is 1. The second-order valence-electron chi connectivity index (χ2n) is 8.94. The van der Waals surface area contributed by atoms with E-state index in [1.54, 1.807) is 25.3 Å². The summed E-state index contributed by atoms with van der Waals surface area (Å²) in [5, 5.41) is 20.6. The zero-order valence-electron chi connectivity index (χ0n) is 19.1. The predicted molar refractivity (Wildman–Crippen MR) is 123 cm³/mol. The van der Waals surface area contributed by atoms with Crippen molar-refractivity contribution in [3.05, 3.63) is 46.9 Å². The smallest absolute Gasteiger partial charge is 0.226 e. The van der Waals surface area contributed by atoms with Crippen molar-refractivity contribution in [1.29, 1.82) is 0 Å². The lowest BCUT2D eigenvalue weighted by atomic mass is 9.97. The van der Waals surface area contributed by atoms with Gasteiger partial charge >= 0.3 is 0 Å². The number of nitrogens with zero attached hydrogens (tertiary/aromatic N) is 4. The molecule has 9 heteroatoms. The molecular weight excluding hydrogens is 428 g/mol. The van der Waals surface area contributed by atoms with Crippen LogP contribution in [0.25, 0.3) is 10.9 Å². The lowest BCUT2D eigenvalue weighted by Gasteiger charge is -2.39. The largest absolute Gasteiger partial charge is 0.392 e. The summed E-state index contributed by atoms with van der Waals surface area (Å²) in [5.41, 5.74) is 3.80. The van der Waals surface area contributed by atoms with E-state index < -0.39 is 15.9 Å². The van der Waals surface area contributed by atoms with Crippen LogP contribution in [0.2, 0.25) is 0 Å². The number of aryl methyl sites for hydroxylation is 1. The molecule has 32 heavy (non-hydrogen) atoms. The summed E-state index contributed by atoms with van der Waals surface area (Å²) >= 11 is 0. The Kier molecular flexibility index (Phi) is 5.77. The summed E-state index contributed by atoms with van der Waals surface area (Å²) in [6.45, 7) is 8.86. The van der Waals surface area contributed by atoms with Crippen molar-refractivity contribution in [3.8, 4) is 0 Å². The van der Waals surface area contributed by atoms with Crippen LogP contribution in [0.5, 0.6) is 0 Å². The molecule has 0 unspecified atom stereocenters. The molecule has 172 valence electrons. The molecule has 0 bridgehead atoms. The van der Waals surface area contributed by atoms with Crippen LogP contribution in [0.4, 0.5) is 5.95 Å². The molecule has 3 aromatic rings. The molecule has 3 heterocycles. The van der Waals surface area contributed by atoms with Gasteiger partial charge in [0.05, 0.1) is 23.6 Å². The van der Waals surface area contributed by atoms with E-state index in [4.69, 9.17) is 0 Å². The van der Waals surface area contributed by atoms with Gasteiger partial charge in [0.2, 0.25) is 5.95 Å². The lowest BCUT2D eigenvalue weighted by Crippen LogP contribution is -2.41. The van der Waals surface area contributed by atoms with Gasteiger partial charge < -0.3 is 19.7 Å². The van der Waals surface area contributed by atoms with Gasteiger partial charge in [0.15, 0.2) is 9.84 Å². The first kappa shape index (κ1) is 22.7. The molecule has 0 saturated carbocycles. The topological polar surface area (TPSA) is 109 Å². The molecule has 1 aromatic carbocycles. The lowest BCUT2D eigenvalue weighted by molar-refractivity contribution is 0.197. The van der Waals surface area contributed by atoms with E-state index in [0.29, 0.717) is 30.2 Å². The Hall–Kier alpha value is -2.49. The van der Waals surface area contributed by atoms with Crippen LogP contribution >= 0.6 is 0 Å². The summed E-state index contributed by atoms with van der Waals surface area (Å²) < 4.78 is 26.8. The van der Waals surface area contributed by atoms with E-state index >= 15 is 0 Å². The average molecular weight is 459 g/mol. The van der Waals surface area contributed by atoms with E-state index in [1.165, 1.54) is 6.26 Å². The maximum Gasteiger partial charge on any atom is 0.226 e. The van der Waals surface area contributed by atoms with Gasteiger partial charge in [-0.3, -0.25) is 0 Å². The molecule has 0 radical (unpaired) electrons. The Balaban J connectivity index is 1.86. The number of benzene rings is 1. The fraction of sp³-hybridized carbons (Fsp3) is 0.478. The minimum atomic E-state index is -3.47. The first-order valence-electron chi connectivity index (χ1n) is 10.8. The fourth-order valence-corrected chi connectivity index (χ4v) is 5.69. The monoisotopic (exact) mass is 458 g/mol. The minimum absolute atomic E-state index is 0.00721. The average Bonchev–Trinajstić information content (AvgIpc) is 3.08. The molecule has 0 fully saturated rings. The highest BCUT2D eigenvalue weighted by molar-refractivity contribution is 7.90. The van der Waals surface area contributed by atoms with Crippen molar-refractivity contribution in [1.82, 2.24) is 14.5 Å². The van der Waals surface area contributed by atoms with E-state index in [2.05, 4.69) is 39.3 Å². The Labute approximate surface area is 188 Å². The summed E-state index contributed by atoms with van der Waals surface area (Å²) in [6.07, 6.45) is 2.23. The summed E-state index contributed by atoms with van der Waals surface area (Å²) in [4.78, 5) is 11.6. The molecular formula is C23H30N4O4S. The second-order valence-corrected chi connectivity index (χ2v) is 10.9. The second kappa shape index (κ2) is 8.13. The highest BCUT2D eigenvalue weighted by Gasteiger charge is 2.33. The molecule has 1 aliphatic heterocycles. The van der Waals surface area contributed by atoms with Crippen LogP contribution in [0.1, 0.15) is 55.4 Å². The zero-order valence-corrected chi connectivity index (χ0v) is 19.9. The van der Waals surface area contributed by atoms with E-state index in [1.807, 2.05) is 6.92 Å². The van der Waals surface area contributed by atoms with Crippen molar-refractivity contribution in [2.45, 2.75) is 57.9 Å². The van der Waals surface area contributed by atoms with Crippen molar-refractivity contribution >= 4 is 26.7 Å². The van der Waals surface area contributed by atoms with Gasteiger partial charge in [-0.25, -0.2) is 18.4 Å². The Morgan fingerprint density at radius 2 is 1.91 bits per heavy atom. The molecule has 2 N–H and O–H groups in total.